The minimum Gasteiger partial charge on any atom is -0.479 e. The van der Waals surface area contributed by atoms with E-state index < -0.39 is 67.3 Å². The van der Waals surface area contributed by atoms with Crippen molar-refractivity contribution in [3.63, 3.8) is 0 Å². The van der Waals surface area contributed by atoms with E-state index in [9.17, 15) is 34.5 Å². The minimum absolute atomic E-state index is 0.0289. The predicted octanol–water partition coefficient (Wildman–Crippen LogP) is 17.5. The van der Waals surface area contributed by atoms with E-state index in [0.717, 1.165) is 122 Å². The average molecular weight is 1140 g/mol. The van der Waals surface area contributed by atoms with Crippen molar-refractivity contribution in [3.05, 3.63) is 85.1 Å². The van der Waals surface area contributed by atoms with E-state index in [0.29, 0.717) is 19.3 Å². The summed E-state index contributed by atoms with van der Waals surface area (Å²) in [4.78, 5) is 51.3. The van der Waals surface area contributed by atoms with E-state index in [4.69, 9.17) is 23.7 Å². The van der Waals surface area contributed by atoms with Gasteiger partial charge in [0.15, 0.2) is 24.6 Å². The summed E-state index contributed by atoms with van der Waals surface area (Å²) >= 11 is 0. The molecular formula is C69H116O12. The van der Waals surface area contributed by atoms with Crippen LogP contribution in [-0.2, 0) is 42.9 Å². The van der Waals surface area contributed by atoms with Crippen LogP contribution < -0.4 is 0 Å². The van der Waals surface area contributed by atoms with Gasteiger partial charge < -0.3 is 39.0 Å². The van der Waals surface area contributed by atoms with E-state index in [1.165, 1.54) is 96.3 Å². The Morgan fingerprint density at radius 2 is 0.778 bits per heavy atom. The normalized spacial score (nSPS) is 18.3. The highest BCUT2D eigenvalue weighted by Crippen LogP contribution is 2.26. The number of hydrogen-bond acceptors (Lipinski definition) is 11. The molecule has 81 heavy (non-hydrogen) atoms. The van der Waals surface area contributed by atoms with E-state index >= 15 is 0 Å². The smallest absolute Gasteiger partial charge is 0.335 e. The van der Waals surface area contributed by atoms with Crippen LogP contribution in [0.3, 0.4) is 0 Å². The second-order valence-electron chi connectivity index (χ2n) is 22.0. The second-order valence-corrected chi connectivity index (χ2v) is 22.0. The van der Waals surface area contributed by atoms with Gasteiger partial charge in [0, 0.05) is 19.3 Å². The first-order valence-electron chi connectivity index (χ1n) is 32.6. The van der Waals surface area contributed by atoms with E-state index in [1.54, 1.807) is 0 Å². The van der Waals surface area contributed by atoms with Crippen LogP contribution in [0, 0.1) is 0 Å². The first kappa shape index (κ1) is 74.9. The van der Waals surface area contributed by atoms with Crippen molar-refractivity contribution in [2.24, 2.45) is 0 Å². The Labute approximate surface area is 492 Å². The molecule has 0 radical (unpaired) electrons. The summed E-state index contributed by atoms with van der Waals surface area (Å²) in [6, 6.07) is 0. The van der Waals surface area contributed by atoms with Gasteiger partial charge in [-0.25, -0.2) is 4.79 Å². The lowest BCUT2D eigenvalue weighted by Crippen LogP contribution is -2.61. The Morgan fingerprint density at radius 1 is 0.420 bits per heavy atom. The van der Waals surface area contributed by atoms with Gasteiger partial charge in [-0.05, 0) is 116 Å². The lowest BCUT2D eigenvalue weighted by atomic mass is 9.98. The van der Waals surface area contributed by atoms with E-state index in [-0.39, 0.29) is 25.9 Å². The third-order valence-corrected chi connectivity index (χ3v) is 14.4. The van der Waals surface area contributed by atoms with Crippen molar-refractivity contribution in [2.75, 3.05) is 13.2 Å². The molecule has 0 aliphatic carbocycles. The van der Waals surface area contributed by atoms with Crippen molar-refractivity contribution < 1.29 is 58.2 Å². The highest BCUT2D eigenvalue weighted by molar-refractivity contribution is 5.74. The third kappa shape index (κ3) is 46.0. The lowest BCUT2D eigenvalue weighted by Gasteiger charge is -2.40. The number of unbranched alkanes of at least 4 members (excludes halogenated alkanes) is 27. The van der Waals surface area contributed by atoms with Crippen LogP contribution in [0.25, 0.3) is 0 Å². The number of carbonyl (C=O) groups is 4. The van der Waals surface area contributed by atoms with Crippen LogP contribution in [0.5, 0.6) is 0 Å². The fourth-order valence-electron chi connectivity index (χ4n) is 9.44. The molecule has 6 unspecified atom stereocenters. The molecule has 1 saturated heterocycles. The van der Waals surface area contributed by atoms with Gasteiger partial charge in [-0.3, -0.25) is 14.4 Å². The number of aliphatic carboxylic acids is 1. The van der Waals surface area contributed by atoms with Crippen molar-refractivity contribution in [1.29, 1.82) is 0 Å². The third-order valence-electron chi connectivity index (χ3n) is 14.4. The Kier molecular flexibility index (Phi) is 52.1. The van der Waals surface area contributed by atoms with Gasteiger partial charge in [-0.1, -0.05) is 228 Å². The molecule has 0 aromatic rings. The molecule has 12 heteroatoms. The molecule has 1 heterocycles. The Balaban J connectivity index is 2.68. The van der Waals surface area contributed by atoms with Gasteiger partial charge in [0.2, 0.25) is 0 Å². The SMILES string of the molecule is CC/C=C\C/C=C\C/C=C\C/C=C\CCCCCCC(=O)OC1C(OCC(COC(=O)CCCCCCCCCCC/C=C\C/C=C\CCCCC)OC(=O)CCCCCCC/C=C\CCCCCCCC)OC(C(=O)O)C(O)C1O. The number of allylic oxidation sites excluding steroid dienone is 14. The zero-order valence-electron chi connectivity index (χ0n) is 51.3. The Hall–Kier alpha value is -4.10. The minimum atomic E-state index is -1.92. The molecule has 6 atom stereocenters. The van der Waals surface area contributed by atoms with Gasteiger partial charge in [0.05, 0.1) is 6.61 Å². The standard InChI is InChI=1S/C69H116O12/c1-4-7-10-13-16-19-22-25-28-30-31-33-35-37-40-43-46-49-52-55-61(70)77-58-60(79-62(71)56-53-50-47-44-41-38-34-27-24-21-18-15-12-9-6-3)59-78-69-67(65(74)64(73)66(81-69)68(75)76)80-63(72)57-54-51-48-45-42-39-36-32-29-26-23-20-17-14-11-8-5-2/h8,11,16-17,19-20,25-29,34,36,39,60,64-67,69,73-74H,4-7,9-10,12-15,18,21-24,30-33,35,37-38,40-59H2,1-3H3,(H,75,76)/b11-8-,19-16-,20-17-,28-25-,29-26-,34-27-,39-36-. The van der Waals surface area contributed by atoms with Crippen LogP contribution >= 0.6 is 0 Å². The molecule has 1 aliphatic heterocycles. The van der Waals surface area contributed by atoms with Gasteiger partial charge in [-0.15, -0.1) is 0 Å². The molecule has 0 bridgehead atoms. The van der Waals surface area contributed by atoms with Gasteiger partial charge in [0.1, 0.15) is 18.8 Å². The molecule has 0 saturated carbocycles. The number of carboxylic acid groups (broad SMARTS) is 1. The first-order chi connectivity index (χ1) is 39.6. The predicted molar refractivity (Wildman–Crippen MR) is 331 cm³/mol. The number of aliphatic hydroxyl groups is 2. The molecule has 3 N–H and O–H groups in total. The number of carbonyl (C=O) groups excluding carboxylic acids is 3. The summed E-state index contributed by atoms with van der Waals surface area (Å²) in [6.45, 7) is 5.85. The maximum atomic E-state index is 13.2. The largest absolute Gasteiger partial charge is 0.479 e. The fourth-order valence-corrected chi connectivity index (χ4v) is 9.44. The maximum Gasteiger partial charge on any atom is 0.335 e. The van der Waals surface area contributed by atoms with E-state index in [2.05, 4.69) is 106 Å². The van der Waals surface area contributed by atoms with E-state index in [1.807, 2.05) is 0 Å². The monoisotopic (exact) mass is 1140 g/mol. The molecule has 0 aromatic carbocycles. The summed E-state index contributed by atoms with van der Waals surface area (Å²) in [6.07, 6.45) is 61.1. The maximum absolute atomic E-state index is 13.2. The molecule has 12 nitrogen and oxygen atoms in total. The number of carboxylic acids is 1. The summed E-state index contributed by atoms with van der Waals surface area (Å²) in [5.41, 5.74) is 0. The topological polar surface area (TPSA) is 175 Å². The molecule has 1 rings (SSSR count). The van der Waals surface area contributed by atoms with Crippen LogP contribution in [0.15, 0.2) is 85.1 Å². The first-order valence-corrected chi connectivity index (χ1v) is 32.6. The average Bonchev–Trinajstić information content (AvgIpc) is 3.53. The van der Waals surface area contributed by atoms with Crippen molar-refractivity contribution >= 4 is 23.9 Å². The Morgan fingerprint density at radius 3 is 1.22 bits per heavy atom. The van der Waals surface area contributed by atoms with Crippen molar-refractivity contribution in [2.45, 2.75) is 314 Å². The number of hydrogen-bond donors (Lipinski definition) is 3. The molecular weight excluding hydrogens is 1020 g/mol. The highest BCUT2D eigenvalue weighted by atomic mass is 16.7. The zero-order chi connectivity index (χ0) is 58.9. The van der Waals surface area contributed by atoms with Crippen LogP contribution in [-0.4, -0.2) is 89.2 Å². The van der Waals surface area contributed by atoms with Crippen molar-refractivity contribution in [3.8, 4) is 0 Å². The molecule has 1 fully saturated rings. The number of ether oxygens (including phenoxy) is 5. The highest BCUT2D eigenvalue weighted by Gasteiger charge is 2.50. The quantitative estimate of drug-likeness (QED) is 0.0228. The molecule has 0 aromatic heterocycles. The summed E-state index contributed by atoms with van der Waals surface area (Å²) in [5, 5.41) is 31.6. The second kappa shape index (κ2) is 56.4. The van der Waals surface area contributed by atoms with Gasteiger partial charge in [-0.2, -0.15) is 0 Å². The van der Waals surface area contributed by atoms with Gasteiger partial charge >= 0.3 is 23.9 Å². The fraction of sp³-hybridized carbons (Fsp3) is 0.739. The summed E-state index contributed by atoms with van der Waals surface area (Å²) < 4.78 is 28.5. The molecule has 464 valence electrons. The molecule has 1 aliphatic rings. The summed E-state index contributed by atoms with van der Waals surface area (Å²) in [7, 11) is 0. The zero-order valence-corrected chi connectivity index (χ0v) is 51.3. The molecule has 0 amide bonds. The van der Waals surface area contributed by atoms with Crippen LogP contribution in [0.2, 0.25) is 0 Å². The van der Waals surface area contributed by atoms with Crippen molar-refractivity contribution in [1.82, 2.24) is 0 Å². The number of esters is 3. The number of aliphatic hydroxyl groups excluding tert-OH is 2. The molecule has 0 spiro atoms. The number of rotatable bonds is 55. The van der Waals surface area contributed by atoms with Crippen LogP contribution in [0.1, 0.15) is 278 Å². The van der Waals surface area contributed by atoms with Crippen LogP contribution in [0.4, 0.5) is 0 Å². The van der Waals surface area contributed by atoms with Gasteiger partial charge in [0.25, 0.3) is 0 Å². The lowest BCUT2D eigenvalue weighted by molar-refractivity contribution is -0.301. The Bertz CT molecular complexity index is 1730. The summed E-state index contributed by atoms with van der Waals surface area (Å²) in [5.74, 6) is -3.16.